The van der Waals surface area contributed by atoms with Crippen LogP contribution in [0.1, 0.15) is 68.9 Å². The van der Waals surface area contributed by atoms with Crippen LogP contribution in [0, 0.1) is 18.8 Å². The van der Waals surface area contributed by atoms with Gasteiger partial charge in [-0.25, -0.2) is 4.79 Å². The third-order valence-corrected chi connectivity index (χ3v) is 9.74. The number of carbonyl (C=O) groups is 2. The number of amides is 3. The molecule has 1 aromatic carbocycles. The Bertz CT molecular complexity index is 1010. The Morgan fingerprint density at radius 1 is 1.15 bits per heavy atom. The van der Waals surface area contributed by atoms with Gasteiger partial charge in [-0.1, -0.05) is 25.3 Å². The van der Waals surface area contributed by atoms with Crippen molar-refractivity contribution in [3.05, 3.63) is 29.3 Å². The fourth-order valence-corrected chi connectivity index (χ4v) is 8.35. The Kier molecular flexibility index (Phi) is 4.67. The van der Waals surface area contributed by atoms with E-state index in [1.807, 2.05) is 13.0 Å². The van der Waals surface area contributed by atoms with Crippen LogP contribution < -0.4 is 10.6 Å². The van der Waals surface area contributed by atoms with Crippen LogP contribution in [0.3, 0.4) is 0 Å². The highest BCUT2D eigenvalue weighted by molar-refractivity contribution is 6.07. The predicted octanol–water partition coefficient (Wildman–Crippen LogP) is 2.72. The number of hydrogen-bond acceptors (Lipinski definition) is 5. The number of aliphatic hydroxyl groups is 1. The molecular weight excluding hydrogens is 418 g/mol. The van der Waals surface area contributed by atoms with E-state index in [0.29, 0.717) is 31.1 Å². The summed E-state index contributed by atoms with van der Waals surface area (Å²) >= 11 is 0. The molecule has 1 aromatic rings. The standard InChI is InChI=1S/C26H35N3O4/c1-16-7-8-19(30)11-20(16)24-12-18-14-29(13-17-5-3-2-4-6-17)21(18)26(24,33)10-9-25(15-24)22(31)27-23(32)28-25/h7-8,11,17-18,21,30,33H,2-6,9-10,12-15H2,1H3,(H2,27,28,31,32)/t18?,21-,24-,25+,26-/m1/s1. The molecule has 7 nitrogen and oxygen atoms in total. The Balaban J connectivity index is 1.40. The molecule has 1 spiro atoms. The average Bonchev–Trinajstić information content (AvgIpc) is 3.15. The van der Waals surface area contributed by atoms with E-state index < -0.39 is 22.6 Å². The average molecular weight is 454 g/mol. The number of aryl methyl sites for hydroxylation is 1. The minimum absolute atomic E-state index is 0.0682. The number of urea groups is 1. The Labute approximate surface area is 194 Å². The van der Waals surface area contributed by atoms with Crippen LogP contribution in [0.2, 0.25) is 0 Å². The lowest BCUT2D eigenvalue weighted by Gasteiger charge is -2.57. The number of nitrogens with zero attached hydrogens (tertiary/aromatic N) is 1. The van der Waals surface area contributed by atoms with Gasteiger partial charge in [-0.15, -0.1) is 0 Å². The smallest absolute Gasteiger partial charge is 0.322 e. The van der Waals surface area contributed by atoms with Crippen molar-refractivity contribution in [3.63, 3.8) is 0 Å². The molecule has 0 radical (unpaired) electrons. The lowest BCUT2D eigenvalue weighted by atomic mass is 9.55. The molecule has 2 heterocycles. The van der Waals surface area contributed by atoms with E-state index in [-0.39, 0.29) is 17.7 Å². The maximum Gasteiger partial charge on any atom is 0.322 e. The zero-order chi connectivity index (χ0) is 23.0. The number of imide groups is 1. The largest absolute Gasteiger partial charge is 0.508 e. The monoisotopic (exact) mass is 453 g/mol. The molecule has 33 heavy (non-hydrogen) atoms. The second-order valence-electron chi connectivity index (χ2n) is 11.5. The van der Waals surface area contributed by atoms with Gasteiger partial charge in [0.1, 0.15) is 11.3 Å². The van der Waals surface area contributed by atoms with E-state index in [2.05, 4.69) is 15.5 Å². The van der Waals surface area contributed by atoms with Crippen molar-refractivity contribution in [2.45, 2.75) is 87.3 Å². The third-order valence-electron chi connectivity index (χ3n) is 9.74. The molecule has 5 atom stereocenters. The van der Waals surface area contributed by atoms with Gasteiger partial charge in [0.25, 0.3) is 5.91 Å². The summed E-state index contributed by atoms with van der Waals surface area (Å²) in [5, 5.41) is 28.3. The molecule has 0 bridgehead atoms. The van der Waals surface area contributed by atoms with Gasteiger partial charge in [-0.2, -0.15) is 0 Å². The minimum atomic E-state index is -1.00. The first-order chi connectivity index (χ1) is 15.8. The van der Waals surface area contributed by atoms with Crippen LogP contribution in [0.5, 0.6) is 5.75 Å². The topological polar surface area (TPSA) is 102 Å². The second-order valence-corrected chi connectivity index (χ2v) is 11.5. The number of hydrogen-bond donors (Lipinski definition) is 4. The first-order valence-electron chi connectivity index (χ1n) is 12.7. The summed E-state index contributed by atoms with van der Waals surface area (Å²) in [7, 11) is 0. The van der Waals surface area contributed by atoms with Gasteiger partial charge in [-0.05, 0) is 80.5 Å². The van der Waals surface area contributed by atoms with Crippen molar-refractivity contribution in [1.29, 1.82) is 0 Å². The van der Waals surface area contributed by atoms with Crippen molar-refractivity contribution in [1.82, 2.24) is 15.5 Å². The molecule has 3 amide bonds. The highest BCUT2D eigenvalue weighted by atomic mass is 16.3. The first kappa shape index (κ1) is 21.4. The molecule has 3 saturated carbocycles. The minimum Gasteiger partial charge on any atom is -0.508 e. The van der Waals surface area contributed by atoms with E-state index in [1.54, 1.807) is 12.1 Å². The van der Waals surface area contributed by atoms with E-state index in [4.69, 9.17) is 0 Å². The number of likely N-dealkylation sites (tertiary alicyclic amines) is 1. The van der Waals surface area contributed by atoms with Gasteiger partial charge in [0.05, 0.1) is 5.60 Å². The Morgan fingerprint density at radius 2 is 1.94 bits per heavy atom. The summed E-state index contributed by atoms with van der Waals surface area (Å²) in [4.78, 5) is 27.6. The number of phenols is 1. The zero-order valence-corrected chi connectivity index (χ0v) is 19.4. The van der Waals surface area contributed by atoms with Crippen LogP contribution in [-0.4, -0.2) is 57.3 Å². The highest BCUT2D eigenvalue weighted by Crippen LogP contribution is 2.65. The van der Waals surface area contributed by atoms with Crippen molar-refractivity contribution in [2.75, 3.05) is 13.1 Å². The quantitative estimate of drug-likeness (QED) is 0.527. The van der Waals surface area contributed by atoms with Gasteiger partial charge in [0, 0.05) is 24.5 Å². The highest BCUT2D eigenvalue weighted by Gasteiger charge is 2.73. The van der Waals surface area contributed by atoms with Gasteiger partial charge < -0.3 is 15.5 Å². The lowest BCUT2D eigenvalue weighted by Crippen LogP contribution is -2.70. The summed E-state index contributed by atoms with van der Waals surface area (Å²) < 4.78 is 0. The summed E-state index contributed by atoms with van der Waals surface area (Å²) in [5.41, 5.74) is -0.765. The summed E-state index contributed by atoms with van der Waals surface area (Å²) in [5.74, 6) is 0.946. The molecule has 0 aromatic heterocycles. The van der Waals surface area contributed by atoms with E-state index in [9.17, 15) is 19.8 Å². The van der Waals surface area contributed by atoms with Gasteiger partial charge in [0.2, 0.25) is 0 Å². The molecular formula is C26H35N3O4. The molecule has 6 rings (SSSR count). The molecule has 5 aliphatic rings. The third kappa shape index (κ3) is 2.94. The Morgan fingerprint density at radius 3 is 2.67 bits per heavy atom. The Hall–Kier alpha value is -2.12. The first-order valence-corrected chi connectivity index (χ1v) is 12.7. The summed E-state index contributed by atoms with van der Waals surface area (Å²) in [6.07, 6.45) is 8.52. The fraction of sp³-hybridized carbons (Fsp3) is 0.692. The summed E-state index contributed by atoms with van der Waals surface area (Å²) in [6, 6.07) is 4.97. The molecule has 178 valence electrons. The number of benzene rings is 1. The van der Waals surface area contributed by atoms with Gasteiger partial charge in [0.15, 0.2) is 0 Å². The van der Waals surface area contributed by atoms with E-state index in [0.717, 1.165) is 30.6 Å². The van der Waals surface area contributed by atoms with Crippen LogP contribution in [-0.2, 0) is 10.2 Å². The van der Waals surface area contributed by atoms with Crippen molar-refractivity contribution in [3.8, 4) is 5.75 Å². The number of phenolic OH excluding ortho intramolecular Hbond substituents is 1. The second kappa shape index (κ2) is 7.19. The number of fused-ring (bicyclic) bond motifs is 3. The van der Waals surface area contributed by atoms with Crippen LogP contribution >= 0.6 is 0 Å². The number of carbonyl (C=O) groups excluding carboxylic acids is 2. The van der Waals surface area contributed by atoms with Crippen LogP contribution in [0.25, 0.3) is 0 Å². The maximum atomic E-state index is 12.9. The van der Waals surface area contributed by atoms with E-state index in [1.165, 1.54) is 32.1 Å². The number of rotatable bonds is 3. The molecule has 5 fully saturated rings. The lowest BCUT2D eigenvalue weighted by molar-refractivity contribution is -0.150. The maximum absolute atomic E-state index is 12.9. The van der Waals surface area contributed by atoms with Crippen molar-refractivity contribution >= 4 is 11.9 Å². The van der Waals surface area contributed by atoms with E-state index >= 15 is 0 Å². The molecule has 3 aliphatic carbocycles. The molecule has 1 unspecified atom stereocenters. The fourth-order valence-electron chi connectivity index (χ4n) is 8.35. The van der Waals surface area contributed by atoms with Crippen molar-refractivity contribution < 1.29 is 19.8 Å². The zero-order valence-electron chi connectivity index (χ0n) is 19.4. The number of nitrogens with one attached hydrogen (secondary N) is 2. The SMILES string of the molecule is Cc1ccc(O)cc1[C@]12CC3CN(CC4CCCCC4)[C@H]3[C@]1(O)CC[C@@]1(C2)NC(=O)NC1=O. The van der Waals surface area contributed by atoms with Gasteiger partial charge in [-0.3, -0.25) is 15.0 Å². The molecule has 7 heteroatoms. The van der Waals surface area contributed by atoms with Crippen LogP contribution in [0.15, 0.2) is 18.2 Å². The number of aromatic hydroxyl groups is 1. The summed E-state index contributed by atoms with van der Waals surface area (Å²) in [6.45, 7) is 4.04. The predicted molar refractivity (Wildman–Crippen MR) is 123 cm³/mol. The molecule has 4 N–H and O–H groups in total. The normalized spacial score (nSPS) is 40.8. The van der Waals surface area contributed by atoms with Gasteiger partial charge >= 0.3 is 6.03 Å². The van der Waals surface area contributed by atoms with Crippen molar-refractivity contribution in [2.24, 2.45) is 11.8 Å². The molecule has 2 saturated heterocycles. The van der Waals surface area contributed by atoms with Crippen LogP contribution in [0.4, 0.5) is 4.79 Å². The molecule has 2 aliphatic heterocycles.